The van der Waals surface area contributed by atoms with E-state index in [1.807, 2.05) is 37.4 Å². The van der Waals surface area contributed by atoms with Crippen molar-refractivity contribution < 1.29 is 9.53 Å². The SMILES string of the molecule is COCCn1cc(Nc2ncc(C#Cc3cc(C(=O)Nc4ccc(CN5CCN(C)CC5)c(Cl)c4)ccc3C)cn2)cn1. The predicted octanol–water partition coefficient (Wildman–Crippen LogP) is 4.42. The van der Waals surface area contributed by atoms with Gasteiger partial charge in [0.15, 0.2) is 0 Å². The summed E-state index contributed by atoms with van der Waals surface area (Å²) in [6.45, 7) is 8.14. The van der Waals surface area contributed by atoms with E-state index in [2.05, 4.69) is 54.4 Å². The van der Waals surface area contributed by atoms with Gasteiger partial charge >= 0.3 is 0 Å². The Morgan fingerprint density at radius 2 is 1.81 bits per heavy atom. The Morgan fingerprint density at radius 1 is 1.02 bits per heavy atom. The minimum absolute atomic E-state index is 0.227. The van der Waals surface area contributed by atoms with Crippen molar-refractivity contribution in [2.45, 2.75) is 20.0 Å². The van der Waals surface area contributed by atoms with Gasteiger partial charge in [-0.2, -0.15) is 5.10 Å². The van der Waals surface area contributed by atoms with Gasteiger partial charge in [0.1, 0.15) is 0 Å². The van der Waals surface area contributed by atoms with E-state index in [1.165, 1.54) is 0 Å². The minimum atomic E-state index is -0.227. The Hall–Kier alpha value is -4.27. The number of methoxy groups -OCH3 is 1. The highest BCUT2D eigenvalue weighted by molar-refractivity contribution is 6.31. The van der Waals surface area contributed by atoms with Crippen molar-refractivity contribution in [2.75, 3.05) is 57.6 Å². The molecule has 5 rings (SSSR count). The van der Waals surface area contributed by atoms with Gasteiger partial charge in [-0.25, -0.2) is 9.97 Å². The number of likely N-dealkylation sites (N-methyl/N-ethyl adjacent to an activating group) is 1. The van der Waals surface area contributed by atoms with E-state index in [9.17, 15) is 4.79 Å². The lowest BCUT2D eigenvalue weighted by Crippen LogP contribution is -2.43. The van der Waals surface area contributed by atoms with Gasteiger partial charge in [-0.15, -0.1) is 0 Å². The second kappa shape index (κ2) is 14.3. The first-order valence-corrected chi connectivity index (χ1v) is 14.5. The van der Waals surface area contributed by atoms with Crippen LogP contribution in [0, 0.1) is 18.8 Å². The lowest BCUT2D eigenvalue weighted by molar-refractivity contribution is 0.102. The van der Waals surface area contributed by atoms with Gasteiger partial charge in [-0.1, -0.05) is 35.6 Å². The second-order valence-corrected chi connectivity index (χ2v) is 10.9. The Labute approximate surface area is 257 Å². The number of amides is 1. The summed E-state index contributed by atoms with van der Waals surface area (Å²) in [5.41, 5.74) is 5.36. The summed E-state index contributed by atoms with van der Waals surface area (Å²) < 4.78 is 6.86. The number of benzene rings is 2. The van der Waals surface area contributed by atoms with Crippen LogP contribution < -0.4 is 10.6 Å². The molecule has 0 atom stereocenters. The standard InChI is InChI=1S/C32H35ClN8O2/c1-23-4-6-26(31(42)37-28-9-8-27(30(33)17-28)21-40-12-10-39(2)11-13-40)16-25(23)7-5-24-18-34-32(35-19-24)38-29-20-36-41(22-29)14-15-43-3/h4,6,8-9,16-20,22H,10-15,21H2,1-3H3,(H,37,42)(H,34,35,38). The van der Waals surface area contributed by atoms with Crippen LogP contribution in [0.25, 0.3) is 0 Å². The van der Waals surface area contributed by atoms with Crippen LogP contribution in [0.3, 0.4) is 0 Å². The summed E-state index contributed by atoms with van der Waals surface area (Å²) >= 11 is 6.59. The number of anilines is 3. The van der Waals surface area contributed by atoms with Crippen LogP contribution in [-0.4, -0.2) is 82.4 Å². The second-order valence-electron chi connectivity index (χ2n) is 10.5. The highest BCUT2D eigenvalue weighted by atomic mass is 35.5. The molecule has 2 aromatic heterocycles. The molecule has 222 valence electrons. The number of hydrogen-bond donors (Lipinski definition) is 2. The van der Waals surface area contributed by atoms with E-state index >= 15 is 0 Å². The zero-order valence-corrected chi connectivity index (χ0v) is 25.4. The monoisotopic (exact) mass is 598 g/mol. The van der Waals surface area contributed by atoms with Crippen LogP contribution in [0.15, 0.2) is 61.2 Å². The van der Waals surface area contributed by atoms with Crippen molar-refractivity contribution in [2.24, 2.45) is 0 Å². The number of carbonyl (C=O) groups is 1. The molecule has 11 heteroatoms. The molecule has 0 radical (unpaired) electrons. The highest BCUT2D eigenvalue weighted by Gasteiger charge is 2.16. The molecule has 0 saturated carbocycles. The predicted molar refractivity (Wildman–Crippen MR) is 169 cm³/mol. The fraction of sp³-hybridized carbons (Fsp3) is 0.312. The van der Waals surface area contributed by atoms with E-state index in [4.69, 9.17) is 16.3 Å². The van der Waals surface area contributed by atoms with Crippen molar-refractivity contribution in [3.63, 3.8) is 0 Å². The zero-order valence-electron chi connectivity index (χ0n) is 24.6. The van der Waals surface area contributed by atoms with Gasteiger partial charge in [0, 0.05) is 80.3 Å². The van der Waals surface area contributed by atoms with Gasteiger partial charge < -0.3 is 20.3 Å². The molecule has 0 aliphatic carbocycles. The Kier molecular flexibility index (Phi) is 10.0. The highest BCUT2D eigenvalue weighted by Crippen LogP contribution is 2.24. The smallest absolute Gasteiger partial charge is 0.255 e. The zero-order chi connectivity index (χ0) is 30.2. The van der Waals surface area contributed by atoms with E-state index in [0.29, 0.717) is 40.9 Å². The van der Waals surface area contributed by atoms with Crippen molar-refractivity contribution in [1.29, 1.82) is 0 Å². The Balaban J connectivity index is 1.20. The number of nitrogens with zero attached hydrogens (tertiary/aromatic N) is 6. The molecular weight excluding hydrogens is 564 g/mol. The maximum atomic E-state index is 13.1. The van der Waals surface area contributed by atoms with Gasteiger partial charge in [0.05, 0.1) is 30.6 Å². The summed E-state index contributed by atoms with van der Waals surface area (Å²) in [4.78, 5) is 26.5. The van der Waals surface area contributed by atoms with E-state index in [-0.39, 0.29) is 5.91 Å². The van der Waals surface area contributed by atoms with Crippen LogP contribution in [0.2, 0.25) is 5.02 Å². The summed E-state index contributed by atoms with van der Waals surface area (Å²) in [6, 6.07) is 11.2. The molecule has 43 heavy (non-hydrogen) atoms. The average Bonchev–Trinajstić information content (AvgIpc) is 3.46. The van der Waals surface area contributed by atoms with Crippen LogP contribution in [0.1, 0.15) is 32.6 Å². The minimum Gasteiger partial charge on any atom is -0.383 e. The van der Waals surface area contributed by atoms with Crippen LogP contribution in [0.5, 0.6) is 0 Å². The number of ether oxygens (including phenoxy) is 1. The molecule has 1 aliphatic rings. The molecule has 1 aliphatic heterocycles. The number of hydrogen-bond acceptors (Lipinski definition) is 8. The number of aryl methyl sites for hydroxylation is 1. The van der Waals surface area contributed by atoms with Crippen molar-refractivity contribution in [3.8, 4) is 11.8 Å². The number of rotatable bonds is 9. The first-order chi connectivity index (χ1) is 20.9. The Bertz CT molecular complexity index is 1620. The first kappa shape index (κ1) is 30.2. The number of carbonyl (C=O) groups excluding carboxylic acids is 1. The first-order valence-electron chi connectivity index (χ1n) is 14.1. The van der Waals surface area contributed by atoms with Gasteiger partial charge in [0.25, 0.3) is 5.91 Å². The number of nitrogens with one attached hydrogen (secondary N) is 2. The summed E-state index contributed by atoms with van der Waals surface area (Å²) in [5, 5.41) is 11.0. The Morgan fingerprint density at radius 3 is 2.56 bits per heavy atom. The molecule has 3 heterocycles. The topological polar surface area (TPSA) is 100 Å². The largest absolute Gasteiger partial charge is 0.383 e. The number of aromatic nitrogens is 4. The lowest BCUT2D eigenvalue weighted by atomic mass is 10.0. The third-order valence-electron chi connectivity index (χ3n) is 7.21. The van der Waals surface area contributed by atoms with Crippen LogP contribution in [-0.2, 0) is 17.8 Å². The molecule has 0 unspecified atom stereocenters. The normalized spacial score (nSPS) is 13.8. The molecular formula is C32H35ClN8O2. The van der Waals surface area contributed by atoms with Crippen LogP contribution in [0.4, 0.5) is 17.3 Å². The van der Waals surface area contributed by atoms with E-state index < -0.39 is 0 Å². The molecule has 1 fully saturated rings. The average molecular weight is 599 g/mol. The third kappa shape index (κ3) is 8.40. The maximum Gasteiger partial charge on any atom is 0.255 e. The fourth-order valence-corrected chi connectivity index (χ4v) is 4.80. The molecule has 2 N–H and O–H groups in total. The van der Waals surface area contributed by atoms with Gasteiger partial charge in [-0.3, -0.25) is 14.4 Å². The molecule has 0 spiro atoms. The lowest BCUT2D eigenvalue weighted by Gasteiger charge is -2.32. The summed E-state index contributed by atoms with van der Waals surface area (Å²) in [5.74, 6) is 6.47. The summed E-state index contributed by atoms with van der Waals surface area (Å²) in [6.07, 6.45) is 6.88. The number of halogens is 1. The maximum absolute atomic E-state index is 13.1. The van der Waals surface area contributed by atoms with Crippen molar-refractivity contribution in [1.82, 2.24) is 29.5 Å². The van der Waals surface area contributed by atoms with Gasteiger partial charge in [-0.05, 0) is 49.4 Å². The van der Waals surface area contributed by atoms with Crippen molar-refractivity contribution >= 4 is 34.8 Å². The van der Waals surface area contributed by atoms with Crippen LogP contribution >= 0.6 is 11.6 Å². The molecule has 1 saturated heterocycles. The summed E-state index contributed by atoms with van der Waals surface area (Å²) in [7, 11) is 3.80. The molecule has 10 nitrogen and oxygen atoms in total. The fourth-order valence-electron chi connectivity index (χ4n) is 4.56. The molecule has 0 bridgehead atoms. The quantitative estimate of drug-likeness (QED) is 0.273. The van der Waals surface area contributed by atoms with E-state index in [0.717, 1.165) is 55.1 Å². The molecule has 1 amide bonds. The number of piperazine rings is 1. The van der Waals surface area contributed by atoms with Crippen molar-refractivity contribution in [3.05, 3.63) is 94.0 Å². The third-order valence-corrected chi connectivity index (χ3v) is 7.56. The molecule has 2 aromatic carbocycles. The molecule has 4 aromatic rings. The van der Waals surface area contributed by atoms with Gasteiger partial charge in [0.2, 0.25) is 5.95 Å². The van der Waals surface area contributed by atoms with E-state index in [1.54, 1.807) is 42.5 Å².